The number of hydrogen-bond acceptors (Lipinski definition) is 4. The molecule has 4 nitrogen and oxygen atoms in total. The van der Waals surface area contributed by atoms with Gasteiger partial charge in [0.15, 0.2) is 0 Å². The third-order valence-corrected chi connectivity index (χ3v) is 3.99. The van der Waals surface area contributed by atoms with E-state index in [9.17, 15) is 0 Å². The zero-order valence-corrected chi connectivity index (χ0v) is 11.5. The Morgan fingerprint density at radius 2 is 1.76 bits per heavy atom. The lowest BCUT2D eigenvalue weighted by Crippen LogP contribution is -1.98. The predicted octanol–water partition coefficient (Wildman–Crippen LogP) is 3.20. The van der Waals surface area contributed by atoms with Crippen molar-refractivity contribution in [2.24, 2.45) is 0 Å². The van der Waals surface area contributed by atoms with Crippen molar-refractivity contribution in [3.8, 4) is 11.4 Å². The summed E-state index contributed by atoms with van der Waals surface area (Å²) in [4.78, 5) is 4.55. The predicted molar refractivity (Wildman–Crippen MR) is 80.7 cm³/mol. The summed E-state index contributed by atoms with van der Waals surface area (Å²) in [5.74, 6) is 1.60. The van der Waals surface area contributed by atoms with Crippen LogP contribution >= 0.6 is 0 Å². The molecule has 0 atom stereocenters. The van der Waals surface area contributed by atoms with Crippen molar-refractivity contribution < 1.29 is 4.52 Å². The Balaban J connectivity index is 1.62. The van der Waals surface area contributed by atoms with Crippen molar-refractivity contribution in [1.82, 2.24) is 10.1 Å². The van der Waals surface area contributed by atoms with Gasteiger partial charge in [0, 0.05) is 17.2 Å². The second-order valence-corrected chi connectivity index (χ2v) is 5.46. The minimum absolute atomic E-state index is 0.282. The lowest BCUT2D eigenvalue weighted by atomic mass is 10.1. The van der Waals surface area contributed by atoms with E-state index in [2.05, 4.69) is 34.4 Å². The molecule has 1 aliphatic carbocycles. The number of aromatic nitrogens is 2. The Kier molecular flexibility index (Phi) is 2.74. The fraction of sp³-hybridized carbons (Fsp3) is 0.176. The molecule has 21 heavy (non-hydrogen) atoms. The Morgan fingerprint density at radius 3 is 2.48 bits per heavy atom. The molecule has 4 rings (SSSR count). The van der Waals surface area contributed by atoms with Crippen LogP contribution in [0.3, 0.4) is 0 Å². The van der Waals surface area contributed by atoms with Crippen LogP contribution in [0.1, 0.15) is 22.9 Å². The van der Waals surface area contributed by atoms with E-state index in [4.69, 9.17) is 10.3 Å². The van der Waals surface area contributed by atoms with Gasteiger partial charge in [-0.25, -0.2) is 0 Å². The van der Waals surface area contributed by atoms with Gasteiger partial charge in [-0.1, -0.05) is 41.6 Å². The molecule has 2 N–H and O–H groups in total. The van der Waals surface area contributed by atoms with E-state index in [1.165, 1.54) is 11.1 Å². The lowest BCUT2D eigenvalue weighted by Gasteiger charge is -2.00. The average Bonchev–Trinajstić information content (AvgIpc) is 3.14. The highest BCUT2D eigenvalue weighted by molar-refractivity contribution is 5.60. The molecule has 104 valence electrons. The quantitative estimate of drug-likeness (QED) is 0.730. The molecule has 1 aliphatic rings. The van der Waals surface area contributed by atoms with E-state index < -0.39 is 0 Å². The first-order valence-corrected chi connectivity index (χ1v) is 7.06. The van der Waals surface area contributed by atoms with E-state index in [1.54, 1.807) is 0 Å². The lowest BCUT2D eigenvalue weighted by molar-refractivity contribution is 0.356. The molecule has 0 bridgehead atoms. The van der Waals surface area contributed by atoms with Crippen molar-refractivity contribution >= 4 is 5.69 Å². The summed E-state index contributed by atoms with van der Waals surface area (Å²) in [6.07, 6.45) is 1.93. The highest BCUT2D eigenvalue weighted by atomic mass is 16.5. The Hall–Kier alpha value is -2.62. The SMILES string of the molecule is Nc1cccc(-c2noc(C3Cc4ccccc4C3)n2)c1. The van der Waals surface area contributed by atoms with Gasteiger partial charge < -0.3 is 10.3 Å². The number of benzene rings is 2. The summed E-state index contributed by atoms with van der Waals surface area (Å²) >= 11 is 0. The zero-order chi connectivity index (χ0) is 14.2. The molecule has 1 heterocycles. The first-order chi connectivity index (χ1) is 10.3. The summed E-state index contributed by atoms with van der Waals surface area (Å²) in [6.45, 7) is 0. The molecule has 0 amide bonds. The number of nitrogens with zero attached hydrogens (tertiary/aromatic N) is 2. The molecule has 0 unspecified atom stereocenters. The van der Waals surface area contributed by atoms with E-state index in [-0.39, 0.29) is 5.92 Å². The maximum Gasteiger partial charge on any atom is 0.230 e. The van der Waals surface area contributed by atoms with Gasteiger partial charge in [0.05, 0.1) is 0 Å². The number of hydrogen-bond donors (Lipinski definition) is 1. The van der Waals surface area contributed by atoms with Crippen LogP contribution in [-0.2, 0) is 12.8 Å². The van der Waals surface area contributed by atoms with Crippen molar-refractivity contribution in [3.05, 3.63) is 65.5 Å². The van der Waals surface area contributed by atoms with Crippen molar-refractivity contribution in [3.63, 3.8) is 0 Å². The van der Waals surface area contributed by atoms with Gasteiger partial charge in [-0.15, -0.1) is 0 Å². The number of anilines is 1. The van der Waals surface area contributed by atoms with Gasteiger partial charge in [0.25, 0.3) is 0 Å². The Labute approximate surface area is 122 Å². The van der Waals surface area contributed by atoms with Crippen molar-refractivity contribution in [2.45, 2.75) is 18.8 Å². The molecule has 3 aromatic rings. The van der Waals surface area contributed by atoms with E-state index in [1.807, 2.05) is 24.3 Å². The largest absolute Gasteiger partial charge is 0.399 e. The summed E-state index contributed by atoms with van der Waals surface area (Å²) in [5, 5.41) is 4.09. The Morgan fingerprint density at radius 1 is 1.00 bits per heavy atom. The maximum absolute atomic E-state index is 5.80. The fourth-order valence-electron chi connectivity index (χ4n) is 2.93. The van der Waals surface area contributed by atoms with Gasteiger partial charge in [-0.05, 0) is 36.1 Å². The molecule has 0 spiro atoms. The van der Waals surface area contributed by atoms with Crippen molar-refractivity contribution in [2.75, 3.05) is 5.73 Å². The maximum atomic E-state index is 5.80. The number of nitrogens with two attached hydrogens (primary N) is 1. The number of fused-ring (bicyclic) bond motifs is 1. The monoisotopic (exact) mass is 277 g/mol. The topological polar surface area (TPSA) is 64.9 Å². The first kappa shape index (κ1) is 12.1. The second kappa shape index (κ2) is 4.74. The third-order valence-electron chi connectivity index (χ3n) is 3.99. The van der Waals surface area contributed by atoms with Crippen LogP contribution in [0.2, 0.25) is 0 Å². The van der Waals surface area contributed by atoms with Crippen LogP contribution in [0.15, 0.2) is 53.1 Å². The zero-order valence-electron chi connectivity index (χ0n) is 11.5. The highest BCUT2D eigenvalue weighted by Gasteiger charge is 2.27. The molecule has 0 fully saturated rings. The molecule has 0 saturated carbocycles. The molecule has 2 aromatic carbocycles. The molecule has 4 heteroatoms. The van der Waals surface area contributed by atoms with Gasteiger partial charge in [0.2, 0.25) is 11.7 Å². The minimum Gasteiger partial charge on any atom is -0.399 e. The number of rotatable bonds is 2. The van der Waals surface area contributed by atoms with Crippen molar-refractivity contribution in [1.29, 1.82) is 0 Å². The van der Waals surface area contributed by atoms with Crippen LogP contribution in [0, 0.1) is 0 Å². The normalized spacial score (nSPS) is 14.3. The standard InChI is InChI=1S/C17H15N3O/c18-15-7-3-6-13(10-15)16-19-17(21-20-16)14-8-11-4-1-2-5-12(11)9-14/h1-7,10,14H,8-9,18H2. The number of nitrogen functional groups attached to an aromatic ring is 1. The van der Waals surface area contributed by atoms with Crippen LogP contribution in [0.5, 0.6) is 0 Å². The summed E-state index contributed by atoms with van der Waals surface area (Å²) in [6, 6.07) is 16.0. The van der Waals surface area contributed by atoms with Gasteiger partial charge in [-0.2, -0.15) is 4.98 Å². The first-order valence-electron chi connectivity index (χ1n) is 7.06. The molecular weight excluding hydrogens is 262 g/mol. The van der Waals surface area contributed by atoms with Crippen LogP contribution in [-0.4, -0.2) is 10.1 Å². The second-order valence-electron chi connectivity index (χ2n) is 5.46. The molecule has 0 saturated heterocycles. The van der Waals surface area contributed by atoms with Gasteiger partial charge in [0.1, 0.15) is 0 Å². The smallest absolute Gasteiger partial charge is 0.230 e. The third kappa shape index (κ3) is 2.18. The van der Waals surface area contributed by atoms with Crippen LogP contribution in [0.4, 0.5) is 5.69 Å². The van der Waals surface area contributed by atoms with Crippen LogP contribution < -0.4 is 5.73 Å². The van der Waals surface area contributed by atoms with E-state index >= 15 is 0 Å². The minimum atomic E-state index is 0.282. The summed E-state index contributed by atoms with van der Waals surface area (Å²) in [7, 11) is 0. The molecule has 0 radical (unpaired) electrons. The summed E-state index contributed by atoms with van der Waals surface area (Å²) < 4.78 is 5.47. The molecule has 0 aliphatic heterocycles. The highest BCUT2D eigenvalue weighted by Crippen LogP contribution is 2.33. The molecular formula is C17H15N3O. The van der Waals surface area contributed by atoms with E-state index in [0.717, 1.165) is 18.4 Å². The van der Waals surface area contributed by atoms with Gasteiger partial charge in [-0.3, -0.25) is 0 Å². The Bertz CT molecular complexity index is 769. The van der Waals surface area contributed by atoms with Gasteiger partial charge >= 0.3 is 0 Å². The molecule has 1 aromatic heterocycles. The summed E-state index contributed by atoms with van der Waals surface area (Å²) in [5.41, 5.74) is 10.1. The fourth-order valence-corrected chi connectivity index (χ4v) is 2.93. The van der Waals surface area contributed by atoms with E-state index in [0.29, 0.717) is 17.4 Å². The average molecular weight is 277 g/mol. The van der Waals surface area contributed by atoms with Crippen LogP contribution in [0.25, 0.3) is 11.4 Å².